The first kappa shape index (κ1) is 11.9. The van der Waals surface area contributed by atoms with Crippen molar-refractivity contribution in [1.82, 2.24) is 9.88 Å². The standard InChI is InChI=1S/C14H21N3O/c18-11-12-4-5-13-10-17(8-7-16(13)9-12)14-3-1-2-6-15-14/h1-3,6,12-13,18H,4-5,7-11H2/t12-,13?/m1/s1. The van der Waals surface area contributed by atoms with E-state index in [9.17, 15) is 5.11 Å². The summed E-state index contributed by atoms with van der Waals surface area (Å²) in [6.07, 6.45) is 4.23. The lowest BCUT2D eigenvalue weighted by molar-refractivity contribution is 0.0672. The first-order chi connectivity index (χ1) is 8.86. The van der Waals surface area contributed by atoms with Crippen molar-refractivity contribution in [3.8, 4) is 0 Å². The first-order valence-corrected chi connectivity index (χ1v) is 6.87. The molecule has 18 heavy (non-hydrogen) atoms. The van der Waals surface area contributed by atoms with Crippen LogP contribution in [0.5, 0.6) is 0 Å². The summed E-state index contributed by atoms with van der Waals surface area (Å²) < 4.78 is 0. The fourth-order valence-corrected chi connectivity index (χ4v) is 3.16. The molecule has 0 radical (unpaired) electrons. The molecule has 0 aliphatic carbocycles. The van der Waals surface area contributed by atoms with Crippen LogP contribution >= 0.6 is 0 Å². The van der Waals surface area contributed by atoms with Crippen LogP contribution in [0.1, 0.15) is 12.8 Å². The number of pyridine rings is 1. The van der Waals surface area contributed by atoms with Gasteiger partial charge in [0.05, 0.1) is 0 Å². The Bertz CT molecular complexity index is 384. The third kappa shape index (κ3) is 2.35. The number of hydrogen-bond donors (Lipinski definition) is 1. The molecule has 0 aromatic carbocycles. The number of fused-ring (bicyclic) bond motifs is 1. The van der Waals surface area contributed by atoms with Gasteiger partial charge in [0.2, 0.25) is 0 Å². The summed E-state index contributed by atoms with van der Waals surface area (Å²) in [4.78, 5) is 9.37. The minimum absolute atomic E-state index is 0.340. The van der Waals surface area contributed by atoms with Crippen LogP contribution in [0.2, 0.25) is 0 Å². The monoisotopic (exact) mass is 247 g/mol. The van der Waals surface area contributed by atoms with Crippen LogP contribution in [0.4, 0.5) is 5.82 Å². The predicted octanol–water partition coefficient (Wildman–Crippen LogP) is 0.974. The Morgan fingerprint density at radius 3 is 2.94 bits per heavy atom. The highest BCUT2D eigenvalue weighted by molar-refractivity contribution is 5.38. The molecule has 1 aromatic rings. The highest BCUT2D eigenvalue weighted by Gasteiger charge is 2.32. The maximum Gasteiger partial charge on any atom is 0.128 e. The lowest BCUT2D eigenvalue weighted by Gasteiger charge is -2.46. The van der Waals surface area contributed by atoms with Gasteiger partial charge in [0.1, 0.15) is 5.82 Å². The van der Waals surface area contributed by atoms with Crippen molar-refractivity contribution in [2.24, 2.45) is 5.92 Å². The number of piperazine rings is 1. The fraction of sp³-hybridized carbons (Fsp3) is 0.643. The number of rotatable bonds is 2. The van der Waals surface area contributed by atoms with Crippen molar-refractivity contribution in [1.29, 1.82) is 0 Å². The molecule has 2 atom stereocenters. The summed E-state index contributed by atoms with van der Waals surface area (Å²) in [5.41, 5.74) is 0. The molecule has 2 aliphatic heterocycles. The summed E-state index contributed by atoms with van der Waals surface area (Å²) in [6.45, 7) is 4.63. The second-order valence-electron chi connectivity index (χ2n) is 5.41. The number of aliphatic hydroxyl groups is 1. The number of piperidine rings is 1. The molecule has 4 nitrogen and oxygen atoms in total. The molecule has 3 rings (SSSR count). The molecule has 0 saturated carbocycles. The number of nitrogens with zero attached hydrogens (tertiary/aromatic N) is 3. The molecule has 0 amide bonds. The second-order valence-corrected chi connectivity index (χ2v) is 5.41. The minimum atomic E-state index is 0.340. The van der Waals surface area contributed by atoms with Gasteiger partial charge in [-0.2, -0.15) is 0 Å². The molecule has 1 unspecified atom stereocenters. The Morgan fingerprint density at radius 1 is 1.22 bits per heavy atom. The highest BCUT2D eigenvalue weighted by atomic mass is 16.3. The van der Waals surface area contributed by atoms with Crippen molar-refractivity contribution in [2.75, 3.05) is 37.7 Å². The molecule has 0 spiro atoms. The van der Waals surface area contributed by atoms with Gasteiger partial charge in [-0.15, -0.1) is 0 Å². The Labute approximate surface area is 108 Å². The molecule has 98 valence electrons. The largest absolute Gasteiger partial charge is 0.396 e. The van der Waals surface area contributed by atoms with Crippen LogP contribution in [0.3, 0.4) is 0 Å². The molecular formula is C14H21N3O. The third-order valence-electron chi connectivity index (χ3n) is 4.24. The second kappa shape index (κ2) is 5.24. The van der Waals surface area contributed by atoms with Gasteiger partial charge < -0.3 is 10.0 Å². The van der Waals surface area contributed by atoms with Gasteiger partial charge in [0.15, 0.2) is 0 Å². The molecule has 4 heteroatoms. The molecule has 2 saturated heterocycles. The van der Waals surface area contributed by atoms with Gasteiger partial charge in [-0.1, -0.05) is 6.07 Å². The fourth-order valence-electron chi connectivity index (χ4n) is 3.16. The topological polar surface area (TPSA) is 39.6 Å². The van der Waals surface area contributed by atoms with E-state index in [1.54, 1.807) is 0 Å². The number of aromatic nitrogens is 1. The SMILES string of the molecule is OC[C@@H]1CCC2CN(c3ccccn3)CCN2C1. The maximum absolute atomic E-state index is 9.26. The van der Waals surface area contributed by atoms with Gasteiger partial charge in [0.25, 0.3) is 0 Å². The van der Waals surface area contributed by atoms with Crippen LogP contribution in [-0.4, -0.2) is 53.8 Å². The lowest BCUT2D eigenvalue weighted by Crippen LogP contribution is -2.57. The average molecular weight is 247 g/mol. The maximum atomic E-state index is 9.26. The van der Waals surface area contributed by atoms with Crippen molar-refractivity contribution in [2.45, 2.75) is 18.9 Å². The molecule has 1 aromatic heterocycles. The number of aliphatic hydroxyl groups excluding tert-OH is 1. The van der Waals surface area contributed by atoms with E-state index in [0.717, 1.165) is 38.4 Å². The van der Waals surface area contributed by atoms with E-state index in [1.165, 1.54) is 6.42 Å². The Balaban J connectivity index is 1.65. The summed E-state index contributed by atoms with van der Waals surface area (Å²) >= 11 is 0. The van der Waals surface area contributed by atoms with E-state index >= 15 is 0 Å². The Hall–Kier alpha value is -1.13. The minimum Gasteiger partial charge on any atom is -0.396 e. The molecule has 1 N–H and O–H groups in total. The van der Waals surface area contributed by atoms with Gasteiger partial charge in [-0.25, -0.2) is 4.98 Å². The molecule has 0 bridgehead atoms. The summed E-state index contributed by atoms with van der Waals surface area (Å²) in [5.74, 6) is 1.59. The summed E-state index contributed by atoms with van der Waals surface area (Å²) in [5, 5.41) is 9.26. The first-order valence-electron chi connectivity index (χ1n) is 6.87. The zero-order valence-corrected chi connectivity index (χ0v) is 10.7. The van der Waals surface area contributed by atoms with E-state index in [4.69, 9.17) is 0 Å². The van der Waals surface area contributed by atoms with Gasteiger partial charge in [0, 0.05) is 45.0 Å². The number of anilines is 1. The summed E-state index contributed by atoms with van der Waals surface area (Å²) in [7, 11) is 0. The van der Waals surface area contributed by atoms with Crippen molar-refractivity contribution in [3.05, 3.63) is 24.4 Å². The van der Waals surface area contributed by atoms with Crippen LogP contribution < -0.4 is 4.90 Å². The normalized spacial score (nSPS) is 29.1. The summed E-state index contributed by atoms with van der Waals surface area (Å²) in [6, 6.07) is 6.75. The van der Waals surface area contributed by atoms with E-state index in [2.05, 4.69) is 26.9 Å². The van der Waals surface area contributed by atoms with Crippen LogP contribution in [0.15, 0.2) is 24.4 Å². The zero-order valence-electron chi connectivity index (χ0n) is 10.7. The van der Waals surface area contributed by atoms with Crippen molar-refractivity contribution < 1.29 is 5.11 Å². The lowest BCUT2D eigenvalue weighted by atomic mass is 9.91. The van der Waals surface area contributed by atoms with Crippen molar-refractivity contribution in [3.63, 3.8) is 0 Å². The average Bonchev–Trinajstić information content (AvgIpc) is 2.47. The van der Waals surface area contributed by atoms with E-state index < -0.39 is 0 Å². The van der Waals surface area contributed by atoms with Crippen LogP contribution in [-0.2, 0) is 0 Å². The van der Waals surface area contributed by atoms with Gasteiger partial charge >= 0.3 is 0 Å². The van der Waals surface area contributed by atoms with E-state index in [-0.39, 0.29) is 0 Å². The highest BCUT2D eigenvalue weighted by Crippen LogP contribution is 2.26. The molecular weight excluding hydrogens is 226 g/mol. The van der Waals surface area contributed by atoms with Crippen LogP contribution in [0, 0.1) is 5.92 Å². The molecule has 2 fully saturated rings. The third-order valence-corrected chi connectivity index (χ3v) is 4.24. The predicted molar refractivity (Wildman–Crippen MR) is 71.6 cm³/mol. The van der Waals surface area contributed by atoms with Crippen LogP contribution in [0.25, 0.3) is 0 Å². The van der Waals surface area contributed by atoms with Gasteiger partial charge in [-0.3, -0.25) is 4.90 Å². The molecule has 3 heterocycles. The number of hydrogen-bond acceptors (Lipinski definition) is 4. The Morgan fingerprint density at radius 2 is 2.17 bits per heavy atom. The smallest absolute Gasteiger partial charge is 0.128 e. The van der Waals surface area contributed by atoms with Crippen molar-refractivity contribution >= 4 is 5.82 Å². The van der Waals surface area contributed by atoms with E-state index in [1.807, 2.05) is 12.3 Å². The zero-order chi connectivity index (χ0) is 12.4. The Kier molecular flexibility index (Phi) is 3.48. The quantitative estimate of drug-likeness (QED) is 0.845. The van der Waals surface area contributed by atoms with E-state index in [0.29, 0.717) is 18.6 Å². The van der Waals surface area contributed by atoms with Gasteiger partial charge in [-0.05, 0) is 30.9 Å². The molecule has 2 aliphatic rings.